The smallest absolute Gasteiger partial charge is 0.373 e. The lowest BCUT2D eigenvalue weighted by atomic mass is 9.87. The molecule has 2 atom stereocenters. The fraction of sp³-hybridized carbons (Fsp3) is 0.429. The first-order chi connectivity index (χ1) is 9.87. The summed E-state index contributed by atoms with van der Waals surface area (Å²) in [5.74, 6) is -1.43. The number of carbonyl (C=O) groups excluding carboxylic acids is 3. The highest BCUT2D eigenvalue weighted by atomic mass is 16.6. The first-order valence-electron chi connectivity index (χ1n) is 6.12. The summed E-state index contributed by atoms with van der Waals surface area (Å²) in [5, 5.41) is 10.7. The summed E-state index contributed by atoms with van der Waals surface area (Å²) >= 11 is 0. The van der Waals surface area contributed by atoms with E-state index >= 15 is 0 Å². The van der Waals surface area contributed by atoms with Crippen LogP contribution in [0.2, 0.25) is 0 Å². The quantitative estimate of drug-likeness (QED) is 0.464. The van der Waals surface area contributed by atoms with E-state index < -0.39 is 22.7 Å². The number of nitro groups is 1. The Kier molecular flexibility index (Phi) is 8.26. The van der Waals surface area contributed by atoms with Crippen molar-refractivity contribution in [2.45, 2.75) is 19.8 Å². The Morgan fingerprint density at radius 1 is 1.33 bits per heavy atom. The van der Waals surface area contributed by atoms with Crippen molar-refractivity contribution in [3.8, 4) is 0 Å². The first kappa shape index (κ1) is 18.5. The second-order valence-corrected chi connectivity index (χ2v) is 4.43. The summed E-state index contributed by atoms with van der Waals surface area (Å²) in [6, 6.07) is 7.41. The van der Waals surface area contributed by atoms with Crippen molar-refractivity contribution >= 4 is 12.1 Å². The van der Waals surface area contributed by atoms with Crippen LogP contribution in [0.25, 0.3) is 0 Å². The number of ether oxygens (including phenoxy) is 1. The van der Waals surface area contributed by atoms with E-state index in [9.17, 15) is 14.9 Å². The van der Waals surface area contributed by atoms with E-state index in [1.54, 1.807) is 6.92 Å². The number of rotatable bonds is 5. The van der Waals surface area contributed by atoms with Crippen LogP contribution in [0.3, 0.4) is 0 Å². The molecular formula is C14H17NO6. The average molecular weight is 295 g/mol. The van der Waals surface area contributed by atoms with Crippen molar-refractivity contribution in [3.05, 3.63) is 45.5 Å². The van der Waals surface area contributed by atoms with Crippen LogP contribution >= 0.6 is 0 Å². The van der Waals surface area contributed by atoms with Gasteiger partial charge in [-0.15, -0.1) is 0 Å². The fourth-order valence-electron chi connectivity index (χ4n) is 1.88. The largest absolute Gasteiger partial charge is 0.469 e. The van der Waals surface area contributed by atoms with Crippen LogP contribution in [-0.4, -0.2) is 30.7 Å². The van der Waals surface area contributed by atoms with Gasteiger partial charge in [0.05, 0.1) is 18.9 Å². The molecule has 1 unspecified atom stereocenters. The molecule has 0 aromatic heterocycles. The Morgan fingerprint density at radius 2 is 1.81 bits per heavy atom. The van der Waals surface area contributed by atoms with Gasteiger partial charge in [0.25, 0.3) is 0 Å². The van der Waals surface area contributed by atoms with E-state index in [0.29, 0.717) is 0 Å². The van der Waals surface area contributed by atoms with Crippen molar-refractivity contribution in [2.24, 2.45) is 5.92 Å². The van der Waals surface area contributed by atoms with E-state index in [1.807, 2.05) is 31.2 Å². The van der Waals surface area contributed by atoms with Crippen LogP contribution in [0.4, 0.5) is 0 Å². The second kappa shape index (κ2) is 9.39. The number of carbonyl (C=O) groups is 1. The van der Waals surface area contributed by atoms with Gasteiger partial charge in [-0.25, -0.2) is 0 Å². The highest BCUT2D eigenvalue weighted by Crippen LogP contribution is 2.26. The lowest BCUT2D eigenvalue weighted by Gasteiger charge is -2.19. The van der Waals surface area contributed by atoms with Gasteiger partial charge in [0, 0.05) is 4.92 Å². The molecule has 0 aliphatic heterocycles. The van der Waals surface area contributed by atoms with Gasteiger partial charge in [-0.3, -0.25) is 14.9 Å². The molecule has 7 heteroatoms. The SMILES string of the molecule is COC(=O)C(C)[C@H](C[N+](=O)[O-])c1ccc(C)cc1.O=C=O. The highest BCUT2D eigenvalue weighted by molar-refractivity contribution is 5.73. The third-order valence-corrected chi connectivity index (χ3v) is 3.03. The van der Waals surface area contributed by atoms with E-state index in [2.05, 4.69) is 4.74 Å². The normalized spacial score (nSPS) is 12.1. The number of hydrogen-bond donors (Lipinski definition) is 0. The van der Waals surface area contributed by atoms with Gasteiger partial charge in [-0.1, -0.05) is 36.8 Å². The van der Waals surface area contributed by atoms with Crippen molar-refractivity contribution in [2.75, 3.05) is 13.7 Å². The highest BCUT2D eigenvalue weighted by Gasteiger charge is 2.30. The van der Waals surface area contributed by atoms with Crippen LogP contribution in [0.5, 0.6) is 0 Å². The topological polar surface area (TPSA) is 104 Å². The Bertz CT molecular complexity index is 505. The molecule has 0 N–H and O–H groups in total. The monoisotopic (exact) mass is 295 g/mol. The molecule has 0 radical (unpaired) electrons. The average Bonchev–Trinajstić information content (AvgIpc) is 2.45. The van der Waals surface area contributed by atoms with Gasteiger partial charge in [0.1, 0.15) is 0 Å². The standard InChI is InChI=1S/C13H17NO4.CO2/c1-9-4-6-11(7-5-9)12(8-14(16)17)10(2)13(15)18-3;2-1-3/h4-7,10,12H,8H2,1-3H3;/t10?,12-;/m0./s1. The predicted octanol–water partition coefficient (Wildman–Crippen LogP) is 1.58. The van der Waals surface area contributed by atoms with Crippen LogP contribution in [0.1, 0.15) is 24.0 Å². The van der Waals surface area contributed by atoms with Crippen LogP contribution < -0.4 is 0 Å². The number of methoxy groups -OCH3 is 1. The summed E-state index contributed by atoms with van der Waals surface area (Å²) in [5.41, 5.74) is 1.86. The summed E-state index contributed by atoms with van der Waals surface area (Å²) in [7, 11) is 1.29. The Balaban J connectivity index is 0.00000122. The van der Waals surface area contributed by atoms with Gasteiger partial charge in [-0.2, -0.15) is 9.59 Å². The molecule has 0 aliphatic rings. The minimum atomic E-state index is -0.539. The molecule has 0 fully saturated rings. The van der Waals surface area contributed by atoms with Crippen molar-refractivity contribution in [3.63, 3.8) is 0 Å². The molecule has 0 saturated heterocycles. The molecule has 0 amide bonds. The van der Waals surface area contributed by atoms with Crippen LogP contribution in [0.15, 0.2) is 24.3 Å². The molecule has 0 spiro atoms. The summed E-state index contributed by atoms with van der Waals surface area (Å²) < 4.78 is 4.66. The second-order valence-electron chi connectivity index (χ2n) is 4.43. The Hall–Kier alpha value is -2.53. The lowest BCUT2D eigenvalue weighted by molar-refractivity contribution is -0.484. The van der Waals surface area contributed by atoms with E-state index in [1.165, 1.54) is 7.11 Å². The van der Waals surface area contributed by atoms with Gasteiger partial charge in [0.15, 0.2) is 0 Å². The molecular weight excluding hydrogens is 278 g/mol. The van der Waals surface area contributed by atoms with E-state index in [4.69, 9.17) is 9.59 Å². The van der Waals surface area contributed by atoms with E-state index in [0.717, 1.165) is 11.1 Å². The van der Waals surface area contributed by atoms with Gasteiger partial charge in [-0.05, 0) is 12.5 Å². The summed E-state index contributed by atoms with van der Waals surface area (Å²) in [6.45, 7) is 3.31. The number of aryl methyl sites for hydroxylation is 1. The third-order valence-electron chi connectivity index (χ3n) is 3.03. The van der Waals surface area contributed by atoms with Crippen molar-refractivity contribution < 1.29 is 24.0 Å². The van der Waals surface area contributed by atoms with Gasteiger partial charge >= 0.3 is 12.1 Å². The Labute approximate surface area is 122 Å². The maximum absolute atomic E-state index is 11.5. The fourth-order valence-corrected chi connectivity index (χ4v) is 1.88. The molecule has 114 valence electrons. The number of hydrogen-bond acceptors (Lipinski definition) is 6. The molecule has 21 heavy (non-hydrogen) atoms. The van der Waals surface area contributed by atoms with E-state index in [-0.39, 0.29) is 12.7 Å². The molecule has 1 aromatic rings. The third kappa shape index (κ3) is 6.44. The zero-order chi connectivity index (χ0) is 16.4. The predicted molar refractivity (Wildman–Crippen MR) is 72.0 cm³/mol. The summed E-state index contributed by atoms with van der Waals surface area (Å²) in [4.78, 5) is 38.1. The van der Waals surface area contributed by atoms with Crippen LogP contribution in [-0.2, 0) is 19.1 Å². The van der Waals surface area contributed by atoms with Crippen molar-refractivity contribution in [1.82, 2.24) is 0 Å². The minimum absolute atomic E-state index is 0.250. The molecule has 7 nitrogen and oxygen atoms in total. The molecule has 0 aliphatic carbocycles. The molecule has 0 saturated carbocycles. The zero-order valence-corrected chi connectivity index (χ0v) is 12.1. The maximum Gasteiger partial charge on any atom is 0.373 e. The van der Waals surface area contributed by atoms with Crippen molar-refractivity contribution in [1.29, 1.82) is 0 Å². The zero-order valence-electron chi connectivity index (χ0n) is 12.1. The summed E-state index contributed by atoms with van der Waals surface area (Å²) in [6.07, 6.45) is 0.250. The van der Waals surface area contributed by atoms with Crippen LogP contribution in [0, 0.1) is 23.0 Å². The minimum Gasteiger partial charge on any atom is -0.469 e. The Morgan fingerprint density at radius 3 is 2.19 bits per heavy atom. The maximum atomic E-state index is 11.5. The van der Waals surface area contributed by atoms with Gasteiger partial charge < -0.3 is 4.74 Å². The number of benzene rings is 1. The van der Waals surface area contributed by atoms with Gasteiger partial charge in [0.2, 0.25) is 6.54 Å². The first-order valence-corrected chi connectivity index (χ1v) is 6.12. The molecule has 0 bridgehead atoms. The molecule has 0 heterocycles. The number of esters is 1. The number of nitrogens with zero attached hydrogens (tertiary/aromatic N) is 1. The molecule has 1 rings (SSSR count). The lowest BCUT2D eigenvalue weighted by Crippen LogP contribution is -2.26. The molecule has 1 aromatic carbocycles.